The Morgan fingerprint density at radius 2 is 2.10 bits per heavy atom. The molecular weight excluding hydrogens is 305 g/mol. The molecule has 0 saturated carbocycles. The van der Waals surface area contributed by atoms with Crippen LogP contribution in [-0.4, -0.2) is 32.3 Å². The van der Waals surface area contributed by atoms with E-state index in [2.05, 4.69) is 0 Å². The van der Waals surface area contributed by atoms with E-state index in [4.69, 9.17) is 10.7 Å². The molecule has 1 aliphatic heterocycles. The highest BCUT2D eigenvalue weighted by atomic mass is 35.7. The van der Waals surface area contributed by atoms with E-state index in [0.29, 0.717) is 13.1 Å². The van der Waals surface area contributed by atoms with Crippen LogP contribution in [0.3, 0.4) is 0 Å². The Bertz CT molecular complexity index is 685. The van der Waals surface area contributed by atoms with Crippen molar-refractivity contribution < 1.29 is 17.6 Å². The van der Waals surface area contributed by atoms with Crippen molar-refractivity contribution in [2.75, 3.05) is 13.1 Å². The molecule has 0 N–H and O–H groups in total. The summed E-state index contributed by atoms with van der Waals surface area (Å²) in [5, 5.41) is 0. The largest absolute Gasteiger partial charge is 0.334 e. The molecule has 108 valence electrons. The maximum atomic E-state index is 13.9. The monoisotopic (exact) mass is 317 g/mol. The van der Waals surface area contributed by atoms with Crippen LogP contribution in [0.2, 0.25) is 0 Å². The molecule has 1 heterocycles. The van der Waals surface area contributed by atoms with Gasteiger partial charge in [-0.05, 0) is 31.5 Å². The Kier molecular flexibility index (Phi) is 4.15. The second-order valence-electron chi connectivity index (χ2n) is 4.65. The smallest absolute Gasteiger partial charge is 0.261 e. The number of halogens is 2. The highest BCUT2D eigenvalue weighted by Gasteiger charge is 2.22. The number of nitrogens with zero attached hydrogens (tertiary/aromatic N) is 1. The maximum Gasteiger partial charge on any atom is 0.261 e. The summed E-state index contributed by atoms with van der Waals surface area (Å²) in [5.74, 6) is -1.34. The highest BCUT2D eigenvalue weighted by Crippen LogP contribution is 2.21. The van der Waals surface area contributed by atoms with Crippen LogP contribution in [0.1, 0.15) is 23.7 Å². The van der Waals surface area contributed by atoms with Crippen LogP contribution in [0.15, 0.2) is 34.7 Å². The Hall–Kier alpha value is -1.40. The maximum absolute atomic E-state index is 13.9. The summed E-state index contributed by atoms with van der Waals surface area (Å²) in [6, 6.07) is 3.05. The van der Waals surface area contributed by atoms with Crippen molar-refractivity contribution in [1.82, 2.24) is 4.90 Å². The second kappa shape index (κ2) is 5.54. The van der Waals surface area contributed by atoms with Gasteiger partial charge in [-0.25, -0.2) is 12.8 Å². The lowest BCUT2D eigenvalue weighted by molar-refractivity contribution is 0.0761. The standard InChI is InChI=1S/C13H13ClFNO3S/c1-9-3-2-6-16(8-9)13(17)11-5-4-10(7-12(11)15)20(14,18)19/h3-5,7H,2,6,8H2,1H3. The van der Waals surface area contributed by atoms with Crippen LogP contribution >= 0.6 is 10.7 Å². The molecule has 0 spiro atoms. The zero-order valence-electron chi connectivity index (χ0n) is 10.8. The van der Waals surface area contributed by atoms with Gasteiger partial charge < -0.3 is 4.90 Å². The van der Waals surface area contributed by atoms with Crippen LogP contribution < -0.4 is 0 Å². The van der Waals surface area contributed by atoms with E-state index in [1.165, 1.54) is 4.90 Å². The van der Waals surface area contributed by atoms with E-state index in [1.807, 2.05) is 13.0 Å². The second-order valence-corrected chi connectivity index (χ2v) is 7.21. The molecule has 0 fully saturated rings. The number of rotatable bonds is 2. The number of hydrogen-bond donors (Lipinski definition) is 0. The predicted molar refractivity (Wildman–Crippen MR) is 73.7 cm³/mol. The zero-order chi connectivity index (χ0) is 14.9. The van der Waals surface area contributed by atoms with Crippen molar-refractivity contribution in [1.29, 1.82) is 0 Å². The van der Waals surface area contributed by atoms with Gasteiger partial charge in [0.25, 0.3) is 15.0 Å². The third kappa shape index (κ3) is 3.19. The van der Waals surface area contributed by atoms with E-state index in [9.17, 15) is 17.6 Å². The average Bonchev–Trinajstić information content (AvgIpc) is 2.36. The summed E-state index contributed by atoms with van der Waals surface area (Å²) < 4.78 is 36.1. The predicted octanol–water partition coefficient (Wildman–Crippen LogP) is 2.55. The molecule has 0 bridgehead atoms. The summed E-state index contributed by atoms with van der Waals surface area (Å²) in [7, 11) is 1.13. The summed E-state index contributed by atoms with van der Waals surface area (Å²) in [4.78, 5) is 13.4. The van der Waals surface area contributed by atoms with Gasteiger partial charge in [-0.1, -0.05) is 11.6 Å². The molecule has 2 rings (SSSR count). The van der Waals surface area contributed by atoms with Crippen LogP contribution in [0.5, 0.6) is 0 Å². The minimum absolute atomic E-state index is 0.149. The lowest BCUT2D eigenvalue weighted by Gasteiger charge is -2.26. The van der Waals surface area contributed by atoms with E-state index < -0.39 is 20.8 Å². The molecule has 0 radical (unpaired) electrons. The lowest BCUT2D eigenvalue weighted by atomic mass is 10.1. The zero-order valence-corrected chi connectivity index (χ0v) is 12.3. The van der Waals surface area contributed by atoms with E-state index in [0.717, 1.165) is 30.2 Å². The SMILES string of the molecule is CC1=CCCN(C(=O)c2ccc(S(=O)(=O)Cl)cc2F)C1. The summed E-state index contributed by atoms with van der Waals surface area (Å²) in [5.41, 5.74) is 0.897. The molecule has 0 unspecified atom stereocenters. The normalized spacial score (nSPS) is 15.9. The molecule has 20 heavy (non-hydrogen) atoms. The van der Waals surface area contributed by atoms with Gasteiger partial charge in [0, 0.05) is 23.8 Å². The minimum Gasteiger partial charge on any atom is -0.334 e. The van der Waals surface area contributed by atoms with Crippen molar-refractivity contribution in [3.63, 3.8) is 0 Å². The molecule has 0 aliphatic carbocycles. The quantitative estimate of drug-likeness (QED) is 0.622. The summed E-state index contributed by atoms with van der Waals surface area (Å²) in [6.45, 7) is 2.87. The van der Waals surface area contributed by atoms with Crippen LogP contribution in [0, 0.1) is 5.82 Å². The van der Waals surface area contributed by atoms with Gasteiger partial charge in [0.15, 0.2) is 0 Å². The molecule has 7 heteroatoms. The first-order valence-electron chi connectivity index (χ1n) is 5.98. The summed E-state index contributed by atoms with van der Waals surface area (Å²) >= 11 is 0. The topological polar surface area (TPSA) is 54.5 Å². The van der Waals surface area contributed by atoms with Crippen molar-refractivity contribution in [3.8, 4) is 0 Å². The van der Waals surface area contributed by atoms with Gasteiger partial charge in [-0.15, -0.1) is 0 Å². The Morgan fingerprint density at radius 3 is 2.65 bits per heavy atom. The molecule has 0 saturated heterocycles. The van der Waals surface area contributed by atoms with Gasteiger partial charge in [0.05, 0.1) is 10.5 Å². The van der Waals surface area contributed by atoms with E-state index in [1.54, 1.807) is 0 Å². The molecule has 1 aliphatic rings. The molecule has 1 aromatic rings. The van der Waals surface area contributed by atoms with Crippen molar-refractivity contribution in [2.45, 2.75) is 18.2 Å². The third-order valence-corrected chi connectivity index (χ3v) is 4.42. The van der Waals surface area contributed by atoms with Gasteiger partial charge >= 0.3 is 0 Å². The molecule has 1 amide bonds. The Labute approximate surface area is 121 Å². The first kappa shape index (κ1) is 15.0. The minimum atomic E-state index is -4.00. The van der Waals surface area contributed by atoms with Crippen molar-refractivity contribution in [2.24, 2.45) is 0 Å². The fourth-order valence-electron chi connectivity index (χ4n) is 2.08. The third-order valence-electron chi connectivity index (χ3n) is 3.07. The van der Waals surface area contributed by atoms with Gasteiger partial charge in [-0.3, -0.25) is 4.79 Å². The van der Waals surface area contributed by atoms with E-state index >= 15 is 0 Å². The number of carbonyl (C=O) groups is 1. The first-order valence-corrected chi connectivity index (χ1v) is 8.29. The van der Waals surface area contributed by atoms with Gasteiger partial charge in [-0.2, -0.15) is 0 Å². The number of amides is 1. The number of carbonyl (C=O) groups excluding carboxylic acids is 1. The highest BCUT2D eigenvalue weighted by molar-refractivity contribution is 8.13. The van der Waals surface area contributed by atoms with Crippen molar-refractivity contribution in [3.05, 3.63) is 41.2 Å². The van der Waals surface area contributed by atoms with Crippen LogP contribution in [-0.2, 0) is 9.05 Å². The molecule has 1 aromatic carbocycles. The van der Waals surface area contributed by atoms with E-state index in [-0.39, 0.29) is 10.5 Å². The molecule has 0 atom stereocenters. The first-order chi connectivity index (χ1) is 9.29. The fraction of sp³-hybridized carbons (Fsp3) is 0.308. The number of benzene rings is 1. The van der Waals surface area contributed by atoms with Crippen LogP contribution in [0.4, 0.5) is 4.39 Å². The lowest BCUT2D eigenvalue weighted by Crippen LogP contribution is -2.35. The summed E-state index contributed by atoms with van der Waals surface area (Å²) in [6.07, 6.45) is 2.76. The molecule has 4 nitrogen and oxygen atoms in total. The Balaban J connectivity index is 2.30. The van der Waals surface area contributed by atoms with Crippen molar-refractivity contribution >= 4 is 25.6 Å². The fourth-order valence-corrected chi connectivity index (χ4v) is 2.84. The van der Waals surface area contributed by atoms with Gasteiger partial charge in [0.2, 0.25) is 0 Å². The molecule has 0 aromatic heterocycles. The number of hydrogen-bond acceptors (Lipinski definition) is 3. The molecular formula is C13H13ClFNO3S. The van der Waals surface area contributed by atoms with Gasteiger partial charge in [0.1, 0.15) is 5.82 Å². The average molecular weight is 318 g/mol. The van der Waals surface area contributed by atoms with Crippen LogP contribution in [0.25, 0.3) is 0 Å². The Morgan fingerprint density at radius 1 is 1.40 bits per heavy atom.